The number of rotatable bonds is 8. The fourth-order valence-electron chi connectivity index (χ4n) is 3.21. The summed E-state index contributed by atoms with van der Waals surface area (Å²) in [6.45, 7) is 5.86. The molecule has 0 radical (unpaired) electrons. The lowest BCUT2D eigenvalue weighted by Crippen LogP contribution is -2.37. The van der Waals surface area contributed by atoms with Crippen LogP contribution in [0, 0.1) is 20.8 Å². The summed E-state index contributed by atoms with van der Waals surface area (Å²) in [6, 6.07) is 18.7. The number of hydrogen-bond acceptors (Lipinski definition) is 4. The molecule has 0 fully saturated rings. The monoisotopic (exact) mass is 471 g/mol. The van der Waals surface area contributed by atoms with E-state index in [4.69, 9.17) is 16.3 Å². The highest BCUT2D eigenvalue weighted by Crippen LogP contribution is 2.30. The molecule has 0 spiro atoms. The molecular formula is C25H26ClNO4S. The summed E-state index contributed by atoms with van der Waals surface area (Å²) in [4.78, 5) is 13.3. The van der Waals surface area contributed by atoms with Gasteiger partial charge in [0.05, 0.1) is 17.2 Å². The Kier molecular flexibility index (Phi) is 7.59. The highest BCUT2D eigenvalue weighted by molar-refractivity contribution is 7.93. The second-order valence-electron chi connectivity index (χ2n) is 7.60. The Bertz CT molecular complexity index is 1190. The molecule has 3 aromatic carbocycles. The lowest BCUT2D eigenvalue weighted by Gasteiger charge is -2.25. The van der Waals surface area contributed by atoms with E-state index in [2.05, 4.69) is 0 Å². The van der Waals surface area contributed by atoms with Crippen LogP contribution in [0.2, 0.25) is 5.02 Å². The normalized spacial score (nSPS) is 11.2. The molecule has 0 aliphatic heterocycles. The maximum atomic E-state index is 13.5. The standard InChI is InChI=1S/C25H26ClNO4S/c1-18-9-15-23(16-10-18)32(29,30)27(24-7-4-6-19(2)20(24)3)25(28)8-5-17-31-22-13-11-21(26)12-14-22/h4,6-7,9-16H,5,8,17H2,1-3H3. The van der Waals surface area contributed by atoms with Crippen LogP contribution in [0.4, 0.5) is 5.69 Å². The molecule has 0 aliphatic carbocycles. The van der Waals surface area contributed by atoms with Gasteiger partial charge in [0, 0.05) is 11.4 Å². The van der Waals surface area contributed by atoms with Crippen LogP contribution in [0.15, 0.2) is 71.6 Å². The number of anilines is 1. The summed E-state index contributed by atoms with van der Waals surface area (Å²) >= 11 is 5.87. The number of carbonyl (C=O) groups excluding carboxylic acids is 1. The van der Waals surface area contributed by atoms with Gasteiger partial charge in [-0.05, 0) is 80.8 Å². The molecule has 168 valence electrons. The van der Waals surface area contributed by atoms with Crippen molar-refractivity contribution in [2.24, 2.45) is 0 Å². The predicted molar refractivity (Wildman–Crippen MR) is 128 cm³/mol. The number of amides is 1. The first-order valence-corrected chi connectivity index (χ1v) is 12.1. The van der Waals surface area contributed by atoms with Gasteiger partial charge in [-0.2, -0.15) is 0 Å². The van der Waals surface area contributed by atoms with Crippen LogP contribution in [0.25, 0.3) is 0 Å². The molecule has 3 aromatic rings. The van der Waals surface area contributed by atoms with Gasteiger partial charge in [0.15, 0.2) is 0 Å². The van der Waals surface area contributed by atoms with Crippen LogP contribution in [0.5, 0.6) is 5.75 Å². The van der Waals surface area contributed by atoms with Crippen molar-refractivity contribution in [2.45, 2.75) is 38.5 Å². The summed E-state index contributed by atoms with van der Waals surface area (Å²) in [6.07, 6.45) is 0.387. The van der Waals surface area contributed by atoms with Crippen LogP contribution < -0.4 is 9.04 Å². The Morgan fingerprint density at radius 1 is 0.938 bits per heavy atom. The van der Waals surface area contributed by atoms with Gasteiger partial charge in [-0.3, -0.25) is 4.79 Å². The Hall–Kier alpha value is -2.83. The number of halogens is 1. The van der Waals surface area contributed by atoms with Gasteiger partial charge in [-0.1, -0.05) is 41.4 Å². The molecule has 0 aromatic heterocycles. The summed E-state index contributed by atoms with van der Waals surface area (Å²) in [5.41, 5.74) is 2.96. The molecule has 0 N–H and O–H groups in total. The molecule has 0 unspecified atom stereocenters. The van der Waals surface area contributed by atoms with E-state index in [9.17, 15) is 13.2 Å². The van der Waals surface area contributed by atoms with Crippen molar-refractivity contribution >= 4 is 33.2 Å². The Morgan fingerprint density at radius 2 is 1.59 bits per heavy atom. The van der Waals surface area contributed by atoms with Crippen LogP contribution in [-0.2, 0) is 14.8 Å². The summed E-state index contributed by atoms with van der Waals surface area (Å²) in [7, 11) is -4.08. The van der Waals surface area contributed by atoms with Crippen molar-refractivity contribution in [3.8, 4) is 5.75 Å². The maximum Gasteiger partial charge on any atom is 0.270 e. The summed E-state index contributed by atoms with van der Waals surface area (Å²) in [5.74, 6) is 0.138. The first kappa shape index (κ1) is 23.8. The van der Waals surface area contributed by atoms with Crippen molar-refractivity contribution < 1.29 is 17.9 Å². The molecule has 7 heteroatoms. The first-order chi connectivity index (χ1) is 15.2. The van der Waals surface area contributed by atoms with E-state index in [0.717, 1.165) is 21.0 Å². The number of carbonyl (C=O) groups is 1. The van der Waals surface area contributed by atoms with E-state index in [1.54, 1.807) is 48.5 Å². The minimum absolute atomic E-state index is 0.0199. The average Bonchev–Trinajstić information content (AvgIpc) is 2.76. The number of ether oxygens (including phenoxy) is 1. The lowest BCUT2D eigenvalue weighted by molar-refractivity contribution is -0.117. The highest BCUT2D eigenvalue weighted by Gasteiger charge is 2.31. The molecular weight excluding hydrogens is 446 g/mol. The Labute approximate surface area is 194 Å². The number of hydrogen-bond donors (Lipinski definition) is 0. The number of benzene rings is 3. The van der Waals surface area contributed by atoms with E-state index in [1.165, 1.54) is 12.1 Å². The molecule has 1 amide bonds. The largest absolute Gasteiger partial charge is 0.494 e. The fraction of sp³-hybridized carbons (Fsp3) is 0.240. The predicted octanol–water partition coefficient (Wildman–Crippen LogP) is 5.85. The van der Waals surface area contributed by atoms with Gasteiger partial charge in [0.2, 0.25) is 5.91 Å². The van der Waals surface area contributed by atoms with Gasteiger partial charge < -0.3 is 4.74 Å². The van der Waals surface area contributed by atoms with Gasteiger partial charge in [-0.15, -0.1) is 0 Å². The van der Waals surface area contributed by atoms with Crippen molar-refractivity contribution in [1.82, 2.24) is 0 Å². The molecule has 0 saturated carbocycles. The second-order valence-corrected chi connectivity index (χ2v) is 9.82. The molecule has 0 saturated heterocycles. The molecule has 3 rings (SSSR count). The van der Waals surface area contributed by atoms with Gasteiger partial charge in [0.25, 0.3) is 10.0 Å². The van der Waals surface area contributed by atoms with E-state index in [0.29, 0.717) is 22.9 Å². The maximum absolute atomic E-state index is 13.5. The van der Waals surface area contributed by atoms with Crippen LogP contribution in [-0.4, -0.2) is 20.9 Å². The van der Waals surface area contributed by atoms with Gasteiger partial charge >= 0.3 is 0 Å². The zero-order valence-corrected chi connectivity index (χ0v) is 19.9. The van der Waals surface area contributed by atoms with E-state index < -0.39 is 15.9 Å². The van der Waals surface area contributed by atoms with Crippen LogP contribution >= 0.6 is 11.6 Å². The van der Waals surface area contributed by atoms with E-state index >= 15 is 0 Å². The summed E-state index contributed by atoms with van der Waals surface area (Å²) < 4.78 is 33.6. The fourth-order valence-corrected chi connectivity index (χ4v) is 4.85. The molecule has 0 atom stereocenters. The topological polar surface area (TPSA) is 63.7 Å². The third-order valence-corrected chi connectivity index (χ3v) is 7.20. The summed E-state index contributed by atoms with van der Waals surface area (Å²) in [5, 5.41) is 0.609. The lowest BCUT2D eigenvalue weighted by atomic mass is 10.1. The minimum atomic E-state index is -4.08. The van der Waals surface area contributed by atoms with Crippen molar-refractivity contribution in [3.05, 3.63) is 88.4 Å². The SMILES string of the molecule is Cc1ccc(S(=O)(=O)N(C(=O)CCCOc2ccc(Cl)cc2)c2cccc(C)c2C)cc1. The Balaban J connectivity index is 1.83. The van der Waals surface area contributed by atoms with Gasteiger partial charge in [-0.25, -0.2) is 12.7 Å². The quantitative estimate of drug-likeness (QED) is 0.387. The molecule has 0 heterocycles. The second kappa shape index (κ2) is 10.2. The van der Waals surface area contributed by atoms with E-state index in [1.807, 2.05) is 26.8 Å². The number of sulfonamides is 1. The third-order valence-electron chi connectivity index (χ3n) is 5.20. The number of nitrogens with zero attached hydrogens (tertiary/aromatic N) is 1. The third kappa shape index (κ3) is 5.50. The zero-order chi connectivity index (χ0) is 23.3. The molecule has 32 heavy (non-hydrogen) atoms. The molecule has 5 nitrogen and oxygen atoms in total. The van der Waals surface area contributed by atoms with Crippen molar-refractivity contribution in [1.29, 1.82) is 0 Å². The van der Waals surface area contributed by atoms with Crippen molar-refractivity contribution in [2.75, 3.05) is 10.9 Å². The Morgan fingerprint density at radius 3 is 2.25 bits per heavy atom. The van der Waals surface area contributed by atoms with E-state index in [-0.39, 0.29) is 17.9 Å². The zero-order valence-electron chi connectivity index (χ0n) is 18.3. The smallest absolute Gasteiger partial charge is 0.270 e. The minimum Gasteiger partial charge on any atom is -0.494 e. The highest BCUT2D eigenvalue weighted by atomic mass is 35.5. The molecule has 0 aliphatic rings. The molecule has 0 bridgehead atoms. The average molecular weight is 472 g/mol. The van der Waals surface area contributed by atoms with Crippen LogP contribution in [0.1, 0.15) is 29.5 Å². The van der Waals surface area contributed by atoms with Gasteiger partial charge in [0.1, 0.15) is 5.75 Å². The number of aryl methyl sites for hydroxylation is 2. The first-order valence-electron chi connectivity index (χ1n) is 10.3. The van der Waals surface area contributed by atoms with Crippen molar-refractivity contribution in [3.63, 3.8) is 0 Å². The van der Waals surface area contributed by atoms with Crippen LogP contribution in [0.3, 0.4) is 0 Å².